The molecule has 0 radical (unpaired) electrons. The van der Waals surface area contributed by atoms with Gasteiger partial charge in [-0.1, -0.05) is 0 Å². The fourth-order valence-corrected chi connectivity index (χ4v) is 3.77. The summed E-state index contributed by atoms with van der Waals surface area (Å²) in [4.78, 5) is 1.79. The van der Waals surface area contributed by atoms with Gasteiger partial charge in [-0.2, -0.15) is 0 Å². The number of nitrogens with zero attached hydrogens (tertiary/aromatic N) is 1. The van der Waals surface area contributed by atoms with Gasteiger partial charge in [-0.05, 0) is 6.42 Å². The molecule has 4 unspecified atom stereocenters. The summed E-state index contributed by atoms with van der Waals surface area (Å²) in [5.74, 6) is 0. The molecule has 3 heterocycles. The standard InChI is InChI=1S/C14H25NO9/c16-4-7-10(20)11(21)12(22)14(23-7)24-13-8-5(17)1-2-15(8)3-6(18)9(13)19/h5-14,16-22H,1-4H2/t5-,6?,7+,8?,9?,10+,11-,12+,13?,14-/m0/s1. The fourth-order valence-electron chi connectivity index (χ4n) is 3.77. The number of rotatable bonds is 3. The van der Waals surface area contributed by atoms with Crippen molar-refractivity contribution in [3.05, 3.63) is 0 Å². The maximum absolute atomic E-state index is 10.2. The average Bonchev–Trinajstić information content (AvgIpc) is 2.92. The van der Waals surface area contributed by atoms with E-state index in [-0.39, 0.29) is 6.54 Å². The van der Waals surface area contributed by atoms with Crippen LogP contribution >= 0.6 is 0 Å². The molecule has 0 aliphatic carbocycles. The van der Waals surface area contributed by atoms with Gasteiger partial charge in [0.2, 0.25) is 0 Å². The second kappa shape index (κ2) is 7.08. The molecule has 3 aliphatic rings. The van der Waals surface area contributed by atoms with E-state index in [4.69, 9.17) is 9.47 Å². The fraction of sp³-hybridized carbons (Fsp3) is 1.00. The van der Waals surface area contributed by atoms with Gasteiger partial charge in [0.15, 0.2) is 6.29 Å². The first-order chi connectivity index (χ1) is 11.3. The van der Waals surface area contributed by atoms with Gasteiger partial charge in [-0.15, -0.1) is 0 Å². The molecular weight excluding hydrogens is 326 g/mol. The molecule has 24 heavy (non-hydrogen) atoms. The first-order valence-electron chi connectivity index (χ1n) is 8.09. The Hall–Kier alpha value is -0.400. The highest BCUT2D eigenvalue weighted by molar-refractivity contribution is 5.03. The average molecular weight is 351 g/mol. The van der Waals surface area contributed by atoms with Crippen LogP contribution in [0.3, 0.4) is 0 Å². The minimum atomic E-state index is -1.61. The van der Waals surface area contributed by atoms with Crippen LogP contribution in [-0.2, 0) is 9.47 Å². The zero-order valence-corrected chi connectivity index (χ0v) is 13.0. The molecule has 3 rings (SSSR count). The van der Waals surface area contributed by atoms with Crippen molar-refractivity contribution >= 4 is 0 Å². The molecule has 0 aromatic rings. The second-order valence-electron chi connectivity index (χ2n) is 6.70. The summed E-state index contributed by atoms with van der Waals surface area (Å²) in [6.45, 7) is 0.125. The zero-order valence-electron chi connectivity index (χ0n) is 13.0. The summed E-state index contributed by atoms with van der Waals surface area (Å²) in [5, 5.41) is 69.2. The normalized spacial score (nSPS) is 53.1. The first-order valence-corrected chi connectivity index (χ1v) is 8.09. The Bertz CT molecular complexity index is 438. The molecule has 10 atom stereocenters. The Morgan fingerprint density at radius 3 is 2.29 bits per heavy atom. The van der Waals surface area contributed by atoms with Gasteiger partial charge in [0.1, 0.15) is 36.6 Å². The van der Waals surface area contributed by atoms with Gasteiger partial charge in [-0.3, -0.25) is 4.90 Å². The van der Waals surface area contributed by atoms with E-state index >= 15 is 0 Å². The van der Waals surface area contributed by atoms with E-state index < -0.39 is 67.8 Å². The highest BCUT2D eigenvalue weighted by Crippen LogP contribution is 2.33. The molecule has 3 saturated heterocycles. The molecule has 3 fully saturated rings. The van der Waals surface area contributed by atoms with Gasteiger partial charge in [0, 0.05) is 13.1 Å². The number of piperidine rings is 1. The van der Waals surface area contributed by atoms with Gasteiger partial charge in [0.05, 0.1) is 24.9 Å². The van der Waals surface area contributed by atoms with Crippen molar-refractivity contribution in [2.75, 3.05) is 19.7 Å². The molecular formula is C14H25NO9. The van der Waals surface area contributed by atoms with Gasteiger partial charge < -0.3 is 45.2 Å². The second-order valence-corrected chi connectivity index (χ2v) is 6.70. The summed E-state index contributed by atoms with van der Waals surface area (Å²) < 4.78 is 10.9. The molecule has 0 bridgehead atoms. The van der Waals surface area contributed by atoms with E-state index in [9.17, 15) is 35.7 Å². The van der Waals surface area contributed by atoms with Crippen LogP contribution in [0.5, 0.6) is 0 Å². The van der Waals surface area contributed by atoms with Crippen LogP contribution in [0.2, 0.25) is 0 Å². The molecule has 0 spiro atoms. The van der Waals surface area contributed by atoms with Gasteiger partial charge >= 0.3 is 0 Å². The summed E-state index contributed by atoms with van der Waals surface area (Å²) >= 11 is 0. The van der Waals surface area contributed by atoms with Crippen LogP contribution in [-0.4, -0.2) is 122 Å². The Morgan fingerprint density at radius 2 is 1.62 bits per heavy atom. The summed E-state index contributed by atoms with van der Waals surface area (Å²) in [6, 6.07) is -0.587. The maximum atomic E-state index is 10.2. The van der Waals surface area contributed by atoms with Gasteiger partial charge in [-0.25, -0.2) is 0 Å². The Labute approximate surface area is 138 Å². The molecule has 10 heteroatoms. The van der Waals surface area contributed by atoms with Crippen molar-refractivity contribution in [1.82, 2.24) is 4.90 Å². The molecule has 140 valence electrons. The van der Waals surface area contributed by atoms with Crippen molar-refractivity contribution in [3.63, 3.8) is 0 Å². The van der Waals surface area contributed by atoms with E-state index in [1.807, 2.05) is 0 Å². The van der Waals surface area contributed by atoms with Crippen LogP contribution in [0.25, 0.3) is 0 Å². The van der Waals surface area contributed by atoms with E-state index in [1.54, 1.807) is 4.90 Å². The molecule has 0 aromatic carbocycles. The first kappa shape index (κ1) is 18.4. The third-order valence-corrected chi connectivity index (χ3v) is 5.16. The van der Waals surface area contributed by atoms with Crippen LogP contribution < -0.4 is 0 Å². The number of ether oxygens (including phenoxy) is 2. The Kier molecular flexibility index (Phi) is 5.42. The van der Waals surface area contributed by atoms with Crippen LogP contribution in [0.1, 0.15) is 6.42 Å². The van der Waals surface area contributed by atoms with Crippen molar-refractivity contribution in [1.29, 1.82) is 0 Å². The molecule has 0 saturated carbocycles. The SMILES string of the molecule is OC[C@H]1O[C@@H](OC2C(O)C(O)CN3CC[C@H](O)C23)[C@H](O)[C@@H](O)[C@@H]1O. The topological polar surface area (TPSA) is 163 Å². The van der Waals surface area contributed by atoms with Crippen molar-refractivity contribution in [2.45, 2.75) is 67.6 Å². The quantitative estimate of drug-likeness (QED) is 0.263. The predicted molar refractivity (Wildman–Crippen MR) is 76.6 cm³/mol. The summed E-state index contributed by atoms with van der Waals surface area (Å²) in [7, 11) is 0. The lowest BCUT2D eigenvalue weighted by Gasteiger charge is -2.47. The smallest absolute Gasteiger partial charge is 0.187 e. The Balaban J connectivity index is 1.77. The van der Waals surface area contributed by atoms with Crippen molar-refractivity contribution in [2.24, 2.45) is 0 Å². The van der Waals surface area contributed by atoms with Crippen LogP contribution in [0, 0.1) is 0 Å². The number of fused-ring (bicyclic) bond motifs is 1. The maximum Gasteiger partial charge on any atom is 0.187 e. The number of hydrogen-bond acceptors (Lipinski definition) is 10. The third-order valence-electron chi connectivity index (χ3n) is 5.16. The Morgan fingerprint density at radius 1 is 0.917 bits per heavy atom. The van der Waals surface area contributed by atoms with Crippen LogP contribution in [0.15, 0.2) is 0 Å². The van der Waals surface area contributed by atoms with E-state index in [2.05, 4.69) is 0 Å². The van der Waals surface area contributed by atoms with E-state index in [0.717, 1.165) is 0 Å². The van der Waals surface area contributed by atoms with Gasteiger partial charge in [0.25, 0.3) is 0 Å². The van der Waals surface area contributed by atoms with Crippen molar-refractivity contribution < 1.29 is 45.2 Å². The highest BCUT2D eigenvalue weighted by Gasteiger charge is 2.52. The van der Waals surface area contributed by atoms with Crippen LogP contribution in [0.4, 0.5) is 0 Å². The minimum Gasteiger partial charge on any atom is -0.394 e. The lowest BCUT2D eigenvalue weighted by Crippen LogP contribution is -2.66. The van der Waals surface area contributed by atoms with Crippen molar-refractivity contribution in [3.8, 4) is 0 Å². The highest BCUT2D eigenvalue weighted by atomic mass is 16.7. The number of aliphatic hydroxyl groups is 7. The molecule has 7 N–H and O–H groups in total. The lowest BCUT2D eigenvalue weighted by molar-refractivity contribution is -0.328. The molecule has 0 aromatic heterocycles. The third kappa shape index (κ3) is 3.07. The minimum absolute atomic E-state index is 0.192. The molecule has 10 nitrogen and oxygen atoms in total. The predicted octanol–water partition coefficient (Wildman–Crippen LogP) is -4.66. The number of aliphatic hydroxyl groups excluding tert-OH is 7. The summed E-state index contributed by atoms with van der Waals surface area (Å²) in [6.07, 6.45) is -11.1. The zero-order chi connectivity index (χ0) is 17.6. The number of hydrogen-bond donors (Lipinski definition) is 7. The lowest BCUT2D eigenvalue weighted by atomic mass is 9.92. The molecule has 0 amide bonds. The van der Waals surface area contributed by atoms with E-state index in [1.165, 1.54) is 0 Å². The van der Waals surface area contributed by atoms with E-state index in [0.29, 0.717) is 13.0 Å². The largest absolute Gasteiger partial charge is 0.394 e. The summed E-state index contributed by atoms with van der Waals surface area (Å²) in [5.41, 5.74) is 0. The molecule has 3 aliphatic heterocycles. The monoisotopic (exact) mass is 351 g/mol.